The number of halogens is 3. The average Bonchev–Trinajstić information content (AvgIpc) is 2.60. The summed E-state index contributed by atoms with van der Waals surface area (Å²) in [5.74, 6) is -0.146. The van der Waals surface area contributed by atoms with E-state index >= 15 is 0 Å². The number of amides is 1. The molecule has 0 radical (unpaired) electrons. The highest BCUT2D eigenvalue weighted by Gasteiger charge is 2.17. The maximum atomic E-state index is 12.5. The molecule has 0 atom stereocenters. The number of carbonyl (C=O) groups excluding carboxylic acids is 1. The smallest absolute Gasteiger partial charge is 0.387 e. The van der Waals surface area contributed by atoms with E-state index in [9.17, 15) is 13.6 Å². The molecule has 0 saturated heterocycles. The van der Waals surface area contributed by atoms with E-state index < -0.39 is 6.61 Å². The van der Waals surface area contributed by atoms with E-state index in [4.69, 9.17) is 0 Å². The van der Waals surface area contributed by atoms with E-state index in [2.05, 4.69) is 15.4 Å². The summed E-state index contributed by atoms with van der Waals surface area (Å²) in [6, 6.07) is 12.0. The van der Waals surface area contributed by atoms with Gasteiger partial charge in [-0.15, -0.1) is 12.4 Å². The number of fused-ring (bicyclic) bond motifs is 1. The Morgan fingerprint density at radius 2 is 2.00 bits per heavy atom. The first-order valence-corrected chi connectivity index (χ1v) is 7.82. The molecule has 1 aliphatic heterocycles. The second-order valence-corrected chi connectivity index (χ2v) is 5.53. The van der Waals surface area contributed by atoms with Crippen molar-refractivity contribution >= 4 is 24.0 Å². The number of carbonyl (C=O) groups is 1. The van der Waals surface area contributed by atoms with E-state index in [0.717, 1.165) is 30.6 Å². The Balaban J connectivity index is 0.00000225. The number of alkyl halides is 2. The van der Waals surface area contributed by atoms with Gasteiger partial charge in [0.25, 0.3) is 5.91 Å². The third-order valence-corrected chi connectivity index (χ3v) is 3.97. The van der Waals surface area contributed by atoms with Gasteiger partial charge in [0.2, 0.25) is 0 Å². The Hall–Kier alpha value is -2.34. The zero-order valence-corrected chi connectivity index (χ0v) is 14.2. The molecule has 1 amide bonds. The molecule has 134 valence electrons. The molecule has 1 heterocycles. The molecule has 3 rings (SSSR count). The number of para-hydroxylation sites is 1. The third kappa shape index (κ3) is 4.60. The predicted octanol–water partition coefficient (Wildman–Crippen LogP) is 4.00. The van der Waals surface area contributed by atoms with Gasteiger partial charge >= 0.3 is 6.61 Å². The molecule has 0 saturated carbocycles. The largest absolute Gasteiger partial charge is 0.434 e. The lowest BCUT2D eigenvalue weighted by atomic mass is 9.97. The molecule has 2 N–H and O–H groups in total. The first-order valence-electron chi connectivity index (χ1n) is 7.82. The van der Waals surface area contributed by atoms with Crippen LogP contribution in [0.3, 0.4) is 0 Å². The van der Waals surface area contributed by atoms with E-state index in [0.29, 0.717) is 11.1 Å². The van der Waals surface area contributed by atoms with Crippen molar-refractivity contribution in [2.45, 2.75) is 26.0 Å². The van der Waals surface area contributed by atoms with E-state index in [1.807, 2.05) is 12.1 Å². The number of nitrogens with one attached hydrogen (secondary N) is 2. The number of hydrogen-bond donors (Lipinski definition) is 2. The average molecular weight is 369 g/mol. The van der Waals surface area contributed by atoms with Gasteiger partial charge in [-0.3, -0.25) is 4.79 Å². The van der Waals surface area contributed by atoms with Crippen LogP contribution in [0.4, 0.5) is 14.5 Å². The zero-order valence-electron chi connectivity index (χ0n) is 13.4. The van der Waals surface area contributed by atoms with E-state index in [-0.39, 0.29) is 30.6 Å². The number of ether oxygens (including phenoxy) is 1. The topological polar surface area (TPSA) is 50.4 Å². The third-order valence-electron chi connectivity index (χ3n) is 3.97. The Morgan fingerprint density at radius 1 is 1.20 bits per heavy atom. The van der Waals surface area contributed by atoms with Gasteiger partial charge in [0.1, 0.15) is 5.75 Å². The van der Waals surface area contributed by atoms with Gasteiger partial charge in [0.15, 0.2) is 0 Å². The van der Waals surface area contributed by atoms with Crippen molar-refractivity contribution in [3.8, 4) is 5.75 Å². The van der Waals surface area contributed by atoms with Crippen molar-refractivity contribution in [3.63, 3.8) is 0 Å². The molecule has 25 heavy (non-hydrogen) atoms. The number of hydrogen-bond acceptors (Lipinski definition) is 3. The minimum absolute atomic E-state index is 0. The van der Waals surface area contributed by atoms with Crippen LogP contribution in [0.25, 0.3) is 0 Å². The SMILES string of the molecule is Cl.O=C(NCc1ccccc1OC(F)F)c1cccc2c1CCCN2. The van der Waals surface area contributed by atoms with Crippen LogP contribution in [0.5, 0.6) is 5.75 Å². The minimum atomic E-state index is -2.89. The summed E-state index contributed by atoms with van der Waals surface area (Å²) in [5.41, 5.74) is 3.11. The Bertz CT molecular complexity index is 741. The molecular weight excluding hydrogens is 350 g/mol. The molecular formula is C18H19ClF2N2O2. The van der Waals surface area contributed by atoms with Crippen molar-refractivity contribution < 1.29 is 18.3 Å². The summed E-state index contributed by atoms with van der Waals surface area (Å²) in [4.78, 5) is 12.5. The van der Waals surface area contributed by atoms with Crippen LogP contribution in [0, 0.1) is 0 Å². The monoisotopic (exact) mass is 368 g/mol. The summed E-state index contributed by atoms with van der Waals surface area (Å²) < 4.78 is 29.4. The fourth-order valence-corrected chi connectivity index (χ4v) is 2.85. The summed E-state index contributed by atoms with van der Waals surface area (Å²) in [7, 11) is 0. The standard InChI is InChI=1S/C18H18F2N2O2.ClH/c19-18(20)24-16-9-2-1-5-12(16)11-22-17(23)14-6-3-8-15-13(14)7-4-10-21-15;/h1-3,5-6,8-9,18,21H,4,7,10-11H2,(H,22,23);1H. The fraction of sp³-hybridized carbons (Fsp3) is 0.278. The fourth-order valence-electron chi connectivity index (χ4n) is 2.85. The van der Waals surface area contributed by atoms with Crippen LogP contribution in [-0.4, -0.2) is 19.1 Å². The highest BCUT2D eigenvalue weighted by molar-refractivity contribution is 5.97. The van der Waals surface area contributed by atoms with Gasteiger partial charge in [-0.25, -0.2) is 0 Å². The molecule has 2 aromatic rings. The number of rotatable bonds is 5. The number of anilines is 1. The van der Waals surface area contributed by atoms with Gasteiger partial charge in [0, 0.05) is 29.9 Å². The van der Waals surface area contributed by atoms with Crippen molar-refractivity contribution in [3.05, 3.63) is 59.2 Å². The molecule has 0 fully saturated rings. The van der Waals surface area contributed by atoms with Gasteiger partial charge < -0.3 is 15.4 Å². The van der Waals surface area contributed by atoms with Gasteiger partial charge in [0.05, 0.1) is 0 Å². The quantitative estimate of drug-likeness (QED) is 0.838. The number of benzene rings is 2. The molecule has 4 nitrogen and oxygen atoms in total. The van der Waals surface area contributed by atoms with Gasteiger partial charge in [-0.05, 0) is 36.6 Å². The van der Waals surface area contributed by atoms with Crippen molar-refractivity contribution in [1.29, 1.82) is 0 Å². The molecule has 0 bridgehead atoms. The lowest BCUT2D eigenvalue weighted by molar-refractivity contribution is -0.0504. The Morgan fingerprint density at radius 3 is 2.80 bits per heavy atom. The van der Waals surface area contributed by atoms with Gasteiger partial charge in [-0.2, -0.15) is 8.78 Å². The van der Waals surface area contributed by atoms with Crippen LogP contribution in [0.15, 0.2) is 42.5 Å². The van der Waals surface area contributed by atoms with Crippen molar-refractivity contribution in [1.82, 2.24) is 5.32 Å². The minimum Gasteiger partial charge on any atom is -0.434 e. The first kappa shape index (κ1) is 19.0. The predicted molar refractivity (Wildman–Crippen MR) is 94.7 cm³/mol. The molecule has 0 spiro atoms. The molecule has 7 heteroatoms. The summed E-state index contributed by atoms with van der Waals surface area (Å²) in [5, 5.41) is 6.07. The van der Waals surface area contributed by atoms with Crippen LogP contribution in [0.2, 0.25) is 0 Å². The summed E-state index contributed by atoms with van der Waals surface area (Å²) in [6.45, 7) is -1.87. The second kappa shape index (κ2) is 8.67. The van der Waals surface area contributed by atoms with Crippen LogP contribution in [-0.2, 0) is 13.0 Å². The molecule has 0 aliphatic carbocycles. The molecule has 0 unspecified atom stereocenters. The maximum Gasteiger partial charge on any atom is 0.387 e. The lowest BCUT2D eigenvalue weighted by Crippen LogP contribution is -2.26. The maximum absolute atomic E-state index is 12.5. The summed E-state index contributed by atoms with van der Waals surface area (Å²) in [6.07, 6.45) is 1.82. The van der Waals surface area contributed by atoms with Crippen LogP contribution >= 0.6 is 12.4 Å². The van der Waals surface area contributed by atoms with Crippen LogP contribution < -0.4 is 15.4 Å². The summed E-state index contributed by atoms with van der Waals surface area (Å²) >= 11 is 0. The van der Waals surface area contributed by atoms with Crippen LogP contribution in [0.1, 0.15) is 27.9 Å². The molecule has 1 aliphatic rings. The molecule has 2 aromatic carbocycles. The molecule has 0 aromatic heterocycles. The van der Waals surface area contributed by atoms with Crippen molar-refractivity contribution in [2.24, 2.45) is 0 Å². The normalized spacial score (nSPS) is 12.6. The second-order valence-electron chi connectivity index (χ2n) is 5.53. The van der Waals surface area contributed by atoms with E-state index in [1.54, 1.807) is 24.3 Å². The van der Waals surface area contributed by atoms with E-state index in [1.165, 1.54) is 6.07 Å². The van der Waals surface area contributed by atoms with Crippen molar-refractivity contribution in [2.75, 3.05) is 11.9 Å². The Labute approximate surface area is 151 Å². The van der Waals surface area contributed by atoms with Gasteiger partial charge in [-0.1, -0.05) is 24.3 Å². The highest BCUT2D eigenvalue weighted by Crippen LogP contribution is 2.25. The lowest BCUT2D eigenvalue weighted by Gasteiger charge is -2.20. The highest BCUT2D eigenvalue weighted by atomic mass is 35.5. The first-order chi connectivity index (χ1) is 11.6. The zero-order chi connectivity index (χ0) is 16.9. The Kier molecular flexibility index (Phi) is 6.58.